The maximum atomic E-state index is 12.8. The Kier molecular flexibility index (Phi) is 7.48. The van der Waals surface area contributed by atoms with Crippen molar-refractivity contribution in [2.45, 2.75) is 4.90 Å². The molecule has 0 saturated carbocycles. The fourth-order valence-electron chi connectivity index (χ4n) is 3.53. The Morgan fingerprint density at radius 2 is 2.03 bits per heavy atom. The molecule has 1 saturated heterocycles. The first-order valence-corrected chi connectivity index (χ1v) is 10.9. The quantitative estimate of drug-likeness (QED) is 0.485. The second-order valence-electron chi connectivity index (χ2n) is 7.31. The average molecular weight is 475 g/mol. The number of amides is 1. The van der Waals surface area contributed by atoms with Gasteiger partial charge in [-0.05, 0) is 37.4 Å². The molecule has 4 rings (SSSR count). The van der Waals surface area contributed by atoms with Crippen LogP contribution < -0.4 is 5.32 Å². The van der Waals surface area contributed by atoms with Crippen molar-refractivity contribution in [1.29, 1.82) is 5.26 Å². The van der Waals surface area contributed by atoms with Gasteiger partial charge in [-0.15, -0.1) is 12.4 Å². The Labute approximate surface area is 194 Å². The monoisotopic (exact) mass is 474 g/mol. The average Bonchev–Trinajstić information content (AvgIpc) is 3.12. The fraction of sp³-hybridized carbons (Fsp3) is 0.286. The molecule has 0 spiro atoms. The van der Waals surface area contributed by atoms with Crippen LogP contribution in [0, 0.1) is 11.3 Å². The van der Waals surface area contributed by atoms with Crippen molar-refractivity contribution in [1.82, 2.24) is 24.5 Å². The molecule has 1 aliphatic heterocycles. The third kappa shape index (κ3) is 4.76. The number of hydrogen-bond donors (Lipinski definition) is 3. The van der Waals surface area contributed by atoms with Gasteiger partial charge in [-0.25, -0.2) is 8.51 Å². The summed E-state index contributed by atoms with van der Waals surface area (Å²) >= 11 is 0. The highest BCUT2D eigenvalue weighted by Crippen LogP contribution is 2.36. The minimum atomic E-state index is -1.29. The summed E-state index contributed by atoms with van der Waals surface area (Å²) < 4.78 is 14.8. The van der Waals surface area contributed by atoms with Gasteiger partial charge < -0.3 is 20.3 Å². The summed E-state index contributed by atoms with van der Waals surface area (Å²) in [7, 11) is 0.754. The number of carbonyl (C=O) groups is 1. The van der Waals surface area contributed by atoms with Crippen molar-refractivity contribution in [3.63, 3.8) is 0 Å². The van der Waals surface area contributed by atoms with Gasteiger partial charge in [0, 0.05) is 48.8 Å². The van der Waals surface area contributed by atoms with E-state index in [1.54, 1.807) is 36.5 Å². The number of aromatic nitrogens is 2. The lowest BCUT2D eigenvalue weighted by Crippen LogP contribution is -2.45. The molecule has 1 fully saturated rings. The van der Waals surface area contributed by atoms with Crippen LogP contribution in [0.15, 0.2) is 41.4 Å². The topological polar surface area (TPSA) is 125 Å². The van der Waals surface area contributed by atoms with Crippen LogP contribution in [0.25, 0.3) is 22.2 Å². The maximum Gasteiger partial charge on any atom is 0.252 e. The van der Waals surface area contributed by atoms with Crippen molar-refractivity contribution in [2.24, 2.45) is 0 Å². The van der Waals surface area contributed by atoms with Crippen LogP contribution in [0.3, 0.4) is 0 Å². The summed E-state index contributed by atoms with van der Waals surface area (Å²) in [5.41, 5.74) is 1.98. The highest BCUT2D eigenvalue weighted by Gasteiger charge is 2.21. The van der Waals surface area contributed by atoms with Crippen LogP contribution in [0.2, 0.25) is 0 Å². The number of hydrogen-bond acceptors (Lipinski definition) is 6. The highest BCUT2D eigenvalue weighted by molar-refractivity contribution is 7.82. The summed E-state index contributed by atoms with van der Waals surface area (Å²) in [6, 6.07) is 10.3. The Hall–Kier alpha value is -2.97. The largest absolute Gasteiger partial charge is 0.494 e. The number of rotatable bonds is 5. The van der Waals surface area contributed by atoms with E-state index >= 15 is 0 Å². The molecule has 1 atom stereocenters. The zero-order chi connectivity index (χ0) is 22.0. The predicted molar refractivity (Wildman–Crippen MR) is 124 cm³/mol. The van der Waals surface area contributed by atoms with Gasteiger partial charge >= 0.3 is 0 Å². The predicted octanol–water partition coefficient (Wildman–Crippen LogP) is 1.88. The molecular formula is C21H23ClN6O3S. The van der Waals surface area contributed by atoms with Gasteiger partial charge in [0.05, 0.1) is 22.2 Å². The minimum Gasteiger partial charge on any atom is -0.494 e. The van der Waals surface area contributed by atoms with E-state index < -0.39 is 11.0 Å². The van der Waals surface area contributed by atoms with Gasteiger partial charge in [-0.1, -0.05) is 0 Å². The third-order valence-electron chi connectivity index (χ3n) is 5.26. The first kappa shape index (κ1) is 23.7. The van der Waals surface area contributed by atoms with Crippen LogP contribution >= 0.6 is 12.4 Å². The molecule has 3 N–H and O–H groups in total. The summed E-state index contributed by atoms with van der Waals surface area (Å²) in [5, 5.41) is 22.2. The molecule has 3 heterocycles. The highest BCUT2D eigenvalue weighted by atomic mass is 35.5. The van der Waals surface area contributed by atoms with Gasteiger partial charge in [0.2, 0.25) is 0 Å². The number of aromatic hydroxyl groups is 1. The molecule has 1 unspecified atom stereocenters. The van der Waals surface area contributed by atoms with Gasteiger partial charge in [-0.2, -0.15) is 5.26 Å². The van der Waals surface area contributed by atoms with E-state index in [0.717, 1.165) is 26.2 Å². The SMILES string of the molecule is CN1CCN(S(=O)c2ccc(-c3c(O)[nH]c4ccc(C(=O)NCC#N)cc34)nc2)CC1.Cl. The lowest BCUT2D eigenvalue weighted by Gasteiger charge is -2.31. The van der Waals surface area contributed by atoms with Gasteiger partial charge in [0.1, 0.15) is 17.5 Å². The van der Waals surface area contributed by atoms with Crippen LogP contribution in [0.1, 0.15) is 10.4 Å². The molecule has 1 aliphatic rings. The Balaban J connectivity index is 0.00000289. The molecule has 0 aliphatic carbocycles. The maximum absolute atomic E-state index is 12.8. The number of nitrogens with zero attached hydrogens (tertiary/aromatic N) is 4. The molecule has 1 aromatic carbocycles. The summed E-state index contributed by atoms with van der Waals surface area (Å²) in [5.74, 6) is -0.439. The van der Waals surface area contributed by atoms with Crippen molar-refractivity contribution in [2.75, 3.05) is 39.8 Å². The fourth-order valence-corrected chi connectivity index (χ4v) is 4.65. The zero-order valence-electron chi connectivity index (χ0n) is 17.4. The van der Waals surface area contributed by atoms with E-state index in [1.165, 1.54) is 0 Å². The number of carbonyl (C=O) groups excluding carboxylic acids is 1. The summed E-state index contributed by atoms with van der Waals surface area (Å²) in [6.45, 7) is 3.10. The number of aromatic amines is 1. The number of H-pyrrole nitrogens is 1. The van der Waals surface area contributed by atoms with Gasteiger partial charge in [0.25, 0.3) is 5.91 Å². The third-order valence-corrected chi connectivity index (χ3v) is 6.74. The number of nitriles is 1. The lowest BCUT2D eigenvalue weighted by molar-refractivity contribution is 0.0958. The first-order valence-electron chi connectivity index (χ1n) is 9.79. The van der Waals surface area contributed by atoms with Crippen molar-refractivity contribution in [3.8, 4) is 23.2 Å². The van der Waals surface area contributed by atoms with E-state index in [-0.39, 0.29) is 30.7 Å². The molecule has 11 heteroatoms. The van der Waals surface area contributed by atoms with Crippen molar-refractivity contribution >= 4 is 40.2 Å². The standard InChI is InChI=1S/C21H22N6O3S.ClH/c1-26-8-10-27(11-9-26)31(30)15-3-5-18(24-13-15)19-16-12-14(20(28)23-7-6-22)2-4-17(16)25-21(19)29;/h2-5,12-13,25,29H,7-11H2,1H3,(H,23,28);1H. The minimum absolute atomic E-state index is 0. The van der Waals surface area contributed by atoms with Gasteiger partial charge in [-0.3, -0.25) is 9.78 Å². The Morgan fingerprint density at radius 3 is 2.69 bits per heavy atom. The molecule has 3 aromatic rings. The van der Waals surface area contributed by atoms with Gasteiger partial charge in [0.15, 0.2) is 5.88 Å². The molecule has 0 radical (unpaired) electrons. The van der Waals surface area contributed by atoms with Crippen LogP contribution in [-0.2, 0) is 11.0 Å². The zero-order valence-corrected chi connectivity index (χ0v) is 19.0. The number of likely N-dealkylation sites (N-methyl/N-ethyl adjacent to an activating group) is 1. The molecule has 2 aromatic heterocycles. The number of fused-ring (bicyclic) bond motifs is 1. The molecule has 168 valence electrons. The smallest absolute Gasteiger partial charge is 0.252 e. The number of nitrogens with one attached hydrogen (secondary N) is 2. The molecule has 32 heavy (non-hydrogen) atoms. The van der Waals surface area contributed by atoms with Crippen LogP contribution in [0.5, 0.6) is 5.88 Å². The van der Waals surface area contributed by atoms with Crippen molar-refractivity contribution < 1.29 is 14.1 Å². The van der Waals surface area contributed by atoms with Crippen molar-refractivity contribution in [3.05, 3.63) is 42.1 Å². The second kappa shape index (κ2) is 10.1. The molecule has 1 amide bonds. The molecule has 0 bridgehead atoms. The summed E-state index contributed by atoms with van der Waals surface area (Å²) in [4.78, 5) is 22.3. The lowest BCUT2D eigenvalue weighted by atomic mass is 10.1. The van der Waals surface area contributed by atoms with E-state index in [4.69, 9.17) is 5.26 Å². The summed E-state index contributed by atoms with van der Waals surface area (Å²) in [6.07, 6.45) is 1.56. The Bertz CT molecular complexity index is 1180. The second-order valence-corrected chi connectivity index (χ2v) is 8.80. The Morgan fingerprint density at radius 1 is 1.28 bits per heavy atom. The van der Waals surface area contributed by atoms with E-state index in [9.17, 15) is 14.1 Å². The normalized spacial score (nSPS) is 15.6. The van der Waals surface area contributed by atoms with E-state index in [0.29, 0.717) is 32.6 Å². The number of piperazine rings is 1. The first-order chi connectivity index (χ1) is 15.0. The van der Waals surface area contributed by atoms with E-state index in [1.807, 2.05) is 17.4 Å². The molecule has 9 nitrogen and oxygen atoms in total. The molecular weight excluding hydrogens is 452 g/mol. The van der Waals surface area contributed by atoms with E-state index in [2.05, 4.69) is 20.2 Å². The van der Waals surface area contributed by atoms with Crippen LogP contribution in [-0.4, -0.2) is 74.2 Å². The van der Waals surface area contributed by atoms with Crippen LogP contribution in [0.4, 0.5) is 0 Å². The number of pyridine rings is 1. The number of halogens is 1. The number of benzene rings is 1.